The molecule has 1 heterocycles. The number of ether oxygens (including phenoxy) is 1. The first kappa shape index (κ1) is 36.5. The van der Waals surface area contributed by atoms with Crippen LogP contribution in [0, 0.1) is 23.7 Å². The molecule has 0 saturated carbocycles. The van der Waals surface area contributed by atoms with E-state index in [4.69, 9.17) is 13.6 Å². The van der Waals surface area contributed by atoms with Gasteiger partial charge >= 0.3 is 5.97 Å². The van der Waals surface area contributed by atoms with Gasteiger partial charge in [-0.05, 0) is 80.2 Å². The van der Waals surface area contributed by atoms with Crippen LogP contribution in [-0.4, -0.2) is 58.0 Å². The standard InChI is InChI=1S/C30H62O4S2Si2/c1-22(21-33-37(12,13)28(5,6)7)16-17-30(35-18-19-36-30)24(3)20-23(2)26(25(4)27(31)32-11)34-38(14,15)29(8,9)10/h22-26H,16-21H2,1-15H3/t22-,23-,24-,25+,26-/m0/s1. The Morgan fingerprint density at radius 3 is 1.84 bits per heavy atom. The van der Waals surface area contributed by atoms with Crippen LogP contribution >= 0.6 is 23.5 Å². The summed E-state index contributed by atoms with van der Waals surface area (Å²) < 4.78 is 18.9. The molecular formula is C30H62O4S2Si2. The van der Waals surface area contributed by atoms with Crippen molar-refractivity contribution in [3.05, 3.63) is 0 Å². The molecule has 226 valence electrons. The van der Waals surface area contributed by atoms with Crippen molar-refractivity contribution in [3.63, 3.8) is 0 Å². The van der Waals surface area contributed by atoms with Crippen LogP contribution in [0.1, 0.15) is 88.5 Å². The first-order valence-corrected chi connectivity index (χ1v) is 22.6. The minimum atomic E-state index is -2.05. The van der Waals surface area contributed by atoms with E-state index in [0.29, 0.717) is 11.8 Å². The van der Waals surface area contributed by atoms with Crippen molar-refractivity contribution in [2.75, 3.05) is 25.2 Å². The number of hydrogen-bond donors (Lipinski definition) is 0. The molecule has 0 aliphatic carbocycles. The highest BCUT2D eigenvalue weighted by atomic mass is 32.2. The lowest BCUT2D eigenvalue weighted by Gasteiger charge is -2.44. The lowest BCUT2D eigenvalue weighted by atomic mass is 9.84. The van der Waals surface area contributed by atoms with E-state index in [1.165, 1.54) is 31.5 Å². The monoisotopic (exact) mass is 606 g/mol. The Labute approximate surface area is 247 Å². The summed E-state index contributed by atoms with van der Waals surface area (Å²) >= 11 is 4.33. The van der Waals surface area contributed by atoms with Gasteiger partial charge < -0.3 is 13.6 Å². The quantitative estimate of drug-likeness (QED) is 0.145. The maximum atomic E-state index is 12.7. The van der Waals surface area contributed by atoms with Gasteiger partial charge in [0.05, 0.1) is 23.2 Å². The van der Waals surface area contributed by atoms with Crippen LogP contribution in [0.5, 0.6) is 0 Å². The van der Waals surface area contributed by atoms with Gasteiger partial charge in [0, 0.05) is 18.1 Å². The molecule has 0 N–H and O–H groups in total. The highest BCUT2D eigenvalue weighted by Crippen LogP contribution is 2.54. The summed E-state index contributed by atoms with van der Waals surface area (Å²) in [5.74, 6) is 3.36. The van der Waals surface area contributed by atoms with Crippen LogP contribution in [0.25, 0.3) is 0 Å². The topological polar surface area (TPSA) is 44.8 Å². The SMILES string of the molecule is COC(=O)[C@H](C)[C@@H](O[Si](C)(C)C(C)(C)C)[C@@H](C)C[C@H](C)C1(CC[C@H](C)CO[Si](C)(C)C(C)(C)C)SCCS1. The van der Waals surface area contributed by atoms with Gasteiger partial charge in [-0.3, -0.25) is 4.79 Å². The van der Waals surface area contributed by atoms with Gasteiger partial charge in [-0.25, -0.2) is 0 Å². The zero-order chi connectivity index (χ0) is 29.7. The molecule has 0 unspecified atom stereocenters. The smallest absolute Gasteiger partial charge is 0.310 e. The number of thioether (sulfide) groups is 2. The fourth-order valence-corrected chi connectivity index (χ4v) is 10.7. The average Bonchev–Trinajstić information content (AvgIpc) is 3.27. The number of carbonyl (C=O) groups is 1. The molecule has 1 aliphatic heterocycles. The van der Waals surface area contributed by atoms with E-state index in [0.717, 1.165) is 13.0 Å². The van der Waals surface area contributed by atoms with Crippen LogP contribution in [-0.2, 0) is 18.4 Å². The molecule has 0 spiro atoms. The second kappa shape index (κ2) is 14.1. The third-order valence-electron chi connectivity index (χ3n) is 9.64. The Bertz CT molecular complexity index is 740. The molecule has 8 heteroatoms. The molecule has 1 rings (SSSR count). The van der Waals surface area contributed by atoms with E-state index in [-0.39, 0.29) is 38.1 Å². The van der Waals surface area contributed by atoms with Crippen molar-refractivity contribution >= 4 is 46.1 Å². The van der Waals surface area contributed by atoms with Gasteiger partial charge in [-0.2, -0.15) is 0 Å². The van der Waals surface area contributed by atoms with Gasteiger partial charge in [0.15, 0.2) is 16.6 Å². The third kappa shape index (κ3) is 9.82. The predicted octanol–water partition coefficient (Wildman–Crippen LogP) is 9.46. The summed E-state index contributed by atoms with van der Waals surface area (Å²) in [6, 6.07) is 0. The Hall–Kier alpha value is 0.524. The number of esters is 1. The van der Waals surface area contributed by atoms with Gasteiger partial charge in [0.2, 0.25) is 0 Å². The molecule has 0 amide bonds. The zero-order valence-electron chi connectivity index (χ0n) is 27.6. The van der Waals surface area contributed by atoms with Crippen LogP contribution in [0.15, 0.2) is 0 Å². The minimum absolute atomic E-state index is 0.0907. The van der Waals surface area contributed by atoms with Gasteiger partial charge in [-0.1, -0.05) is 62.3 Å². The summed E-state index contributed by atoms with van der Waals surface area (Å²) in [7, 11) is -2.28. The van der Waals surface area contributed by atoms with E-state index in [2.05, 4.69) is 112 Å². The molecule has 5 atom stereocenters. The molecule has 1 aliphatic rings. The highest BCUT2D eigenvalue weighted by molar-refractivity contribution is 8.21. The van der Waals surface area contributed by atoms with E-state index in [1.807, 2.05) is 6.92 Å². The second-order valence-corrected chi connectivity index (χ2v) is 27.7. The van der Waals surface area contributed by atoms with Crippen molar-refractivity contribution in [3.8, 4) is 0 Å². The molecule has 0 bridgehead atoms. The molecule has 0 aromatic carbocycles. The van der Waals surface area contributed by atoms with E-state index in [1.54, 1.807) is 0 Å². The summed E-state index contributed by atoms with van der Waals surface area (Å²) in [6.45, 7) is 33.0. The first-order valence-electron chi connectivity index (χ1n) is 14.8. The molecule has 0 aromatic heterocycles. The number of rotatable bonds is 14. The maximum Gasteiger partial charge on any atom is 0.310 e. The van der Waals surface area contributed by atoms with Gasteiger partial charge in [0.25, 0.3) is 0 Å². The summed E-state index contributed by atoms with van der Waals surface area (Å²) in [6.07, 6.45) is 3.32. The summed E-state index contributed by atoms with van der Waals surface area (Å²) in [5.41, 5.74) is 0. The van der Waals surface area contributed by atoms with E-state index >= 15 is 0 Å². The van der Waals surface area contributed by atoms with Crippen LogP contribution in [0.2, 0.25) is 36.3 Å². The lowest BCUT2D eigenvalue weighted by Crippen LogP contribution is -2.49. The van der Waals surface area contributed by atoms with Crippen LogP contribution in [0.4, 0.5) is 0 Å². The average molecular weight is 607 g/mol. The molecule has 4 nitrogen and oxygen atoms in total. The van der Waals surface area contributed by atoms with Gasteiger partial charge in [-0.15, -0.1) is 23.5 Å². The maximum absolute atomic E-state index is 12.7. The Morgan fingerprint density at radius 2 is 1.39 bits per heavy atom. The first-order chi connectivity index (χ1) is 17.1. The number of methoxy groups -OCH3 is 1. The minimum Gasteiger partial charge on any atom is -0.469 e. The van der Waals surface area contributed by atoms with E-state index in [9.17, 15) is 4.79 Å². The summed E-state index contributed by atoms with van der Waals surface area (Å²) in [4.78, 5) is 12.7. The molecule has 0 aromatic rings. The number of carbonyl (C=O) groups excluding carboxylic acids is 1. The molecule has 0 radical (unpaired) electrons. The largest absolute Gasteiger partial charge is 0.469 e. The molecular weight excluding hydrogens is 545 g/mol. The van der Waals surface area contributed by atoms with Crippen molar-refractivity contribution in [2.24, 2.45) is 23.7 Å². The Morgan fingerprint density at radius 1 is 0.895 bits per heavy atom. The van der Waals surface area contributed by atoms with Crippen molar-refractivity contribution < 1.29 is 18.4 Å². The van der Waals surface area contributed by atoms with Crippen molar-refractivity contribution in [2.45, 2.75) is 135 Å². The molecule has 1 saturated heterocycles. The summed E-state index contributed by atoms with van der Waals surface area (Å²) in [5, 5.41) is 0.341. The van der Waals surface area contributed by atoms with Gasteiger partial charge in [0.1, 0.15) is 0 Å². The lowest BCUT2D eigenvalue weighted by molar-refractivity contribution is -0.149. The molecule has 1 fully saturated rings. The molecule has 38 heavy (non-hydrogen) atoms. The second-order valence-electron chi connectivity index (χ2n) is 15.0. The Balaban J connectivity index is 2.98. The predicted molar refractivity (Wildman–Crippen MR) is 175 cm³/mol. The van der Waals surface area contributed by atoms with Crippen LogP contribution in [0.3, 0.4) is 0 Å². The van der Waals surface area contributed by atoms with E-state index < -0.39 is 16.6 Å². The third-order valence-corrected chi connectivity index (χ3v) is 22.6. The zero-order valence-corrected chi connectivity index (χ0v) is 31.2. The highest BCUT2D eigenvalue weighted by Gasteiger charge is 2.46. The fourth-order valence-electron chi connectivity index (χ4n) is 4.66. The normalized spacial score (nSPS) is 21.0. The van der Waals surface area contributed by atoms with Crippen molar-refractivity contribution in [1.29, 1.82) is 0 Å². The fraction of sp³-hybridized carbons (Fsp3) is 0.967. The van der Waals surface area contributed by atoms with Crippen molar-refractivity contribution in [1.82, 2.24) is 0 Å². The Kier molecular flexibility index (Phi) is 13.6. The van der Waals surface area contributed by atoms with Crippen LogP contribution < -0.4 is 0 Å². The number of hydrogen-bond acceptors (Lipinski definition) is 6.